The van der Waals surface area contributed by atoms with Crippen molar-refractivity contribution in [1.29, 1.82) is 0 Å². The average Bonchev–Trinajstić information content (AvgIpc) is 2.77. The summed E-state index contributed by atoms with van der Waals surface area (Å²) < 4.78 is 32.4. The first kappa shape index (κ1) is 24.2. The smallest absolute Gasteiger partial charge is 0.189 e. The van der Waals surface area contributed by atoms with Crippen LogP contribution in [0.25, 0.3) is 0 Å². The highest BCUT2D eigenvalue weighted by Gasteiger charge is 2.51. The Morgan fingerprint density at radius 1 is 0.667 bits per heavy atom. The van der Waals surface area contributed by atoms with Crippen LogP contribution < -0.4 is 0 Å². The fourth-order valence-electron chi connectivity index (χ4n) is 4.14. The molecule has 0 aromatic heterocycles. The minimum absolute atomic E-state index is 0.381. The number of hydrogen-bond donors (Lipinski definition) is 5. The van der Waals surface area contributed by atoms with E-state index in [9.17, 15) is 25.5 Å². The van der Waals surface area contributed by atoms with Gasteiger partial charge in [-0.25, -0.2) is 0 Å². The molecular weight excluding hydrogens is 404 g/mol. The molecule has 5 N–H and O–H groups in total. The molecule has 2 aliphatic heterocycles. The van der Waals surface area contributed by atoms with Crippen LogP contribution in [0.4, 0.5) is 0 Å². The molecule has 3 fully saturated rings. The quantitative estimate of drug-likeness (QED) is 0.313. The van der Waals surface area contributed by atoms with Gasteiger partial charge in [-0.15, -0.1) is 0 Å². The molecule has 176 valence electrons. The van der Waals surface area contributed by atoms with Crippen LogP contribution in [0.15, 0.2) is 0 Å². The minimum atomic E-state index is -1.63. The second kappa shape index (κ2) is 10.9. The van der Waals surface area contributed by atoms with Crippen LogP contribution >= 0.6 is 0 Å². The highest BCUT2D eigenvalue weighted by molar-refractivity contribution is 4.91. The van der Waals surface area contributed by atoms with E-state index < -0.39 is 61.8 Å². The second-order valence-corrected chi connectivity index (χ2v) is 8.11. The van der Waals surface area contributed by atoms with E-state index in [2.05, 4.69) is 0 Å². The molecule has 2 saturated heterocycles. The van der Waals surface area contributed by atoms with Gasteiger partial charge in [-0.1, -0.05) is 19.3 Å². The summed E-state index contributed by atoms with van der Waals surface area (Å²) in [5, 5.41) is 51.1. The lowest BCUT2D eigenvalue weighted by atomic mass is 9.90. The minimum Gasteiger partial charge on any atom is -0.387 e. The molecule has 11 heteroatoms. The van der Waals surface area contributed by atoms with Crippen molar-refractivity contribution in [3.8, 4) is 0 Å². The van der Waals surface area contributed by atoms with Crippen molar-refractivity contribution < 1.29 is 54.0 Å². The summed E-state index contributed by atoms with van der Waals surface area (Å²) in [7, 11) is 2.59. The Labute approximate surface area is 175 Å². The first-order valence-electron chi connectivity index (χ1n) is 10.4. The molecular formula is C19H34O11. The van der Waals surface area contributed by atoms with Crippen LogP contribution in [0, 0.1) is 5.92 Å². The number of ether oxygens (including phenoxy) is 6. The van der Waals surface area contributed by atoms with E-state index in [-0.39, 0.29) is 0 Å². The largest absolute Gasteiger partial charge is 0.387 e. The van der Waals surface area contributed by atoms with Gasteiger partial charge in [0.25, 0.3) is 0 Å². The Bertz CT molecular complexity index is 513. The topological polar surface area (TPSA) is 157 Å². The molecule has 11 nitrogen and oxygen atoms in total. The highest BCUT2D eigenvalue weighted by atomic mass is 16.8. The molecule has 0 bridgehead atoms. The molecule has 1 saturated carbocycles. The molecule has 2 heterocycles. The molecule has 4 unspecified atom stereocenters. The zero-order valence-electron chi connectivity index (χ0n) is 17.3. The molecule has 3 rings (SSSR count). The third-order valence-electron chi connectivity index (χ3n) is 6.00. The molecule has 0 aromatic carbocycles. The summed E-state index contributed by atoms with van der Waals surface area (Å²) in [5.41, 5.74) is 0. The molecule has 3 aliphatic rings. The van der Waals surface area contributed by atoms with Gasteiger partial charge < -0.3 is 54.0 Å². The van der Waals surface area contributed by atoms with Crippen LogP contribution in [-0.4, -0.2) is 108 Å². The monoisotopic (exact) mass is 438 g/mol. The van der Waals surface area contributed by atoms with Crippen molar-refractivity contribution in [3.05, 3.63) is 0 Å². The second-order valence-electron chi connectivity index (χ2n) is 8.11. The van der Waals surface area contributed by atoms with Gasteiger partial charge >= 0.3 is 0 Å². The summed E-state index contributed by atoms with van der Waals surface area (Å²) >= 11 is 0. The number of rotatable bonds is 7. The third kappa shape index (κ3) is 5.30. The predicted molar refractivity (Wildman–Crippen MR) is 98.8 cm³/mol. The van der Waals surface area contributed by atoms with Crippen LogP contribution in [0.3, 0.4) is 0 Å². The van der Waals surface area contributed by atoms with Crippen molar-refractivity contribution in [2.45, 2.75) is 93.9 Å². The summed E-state index contributed by atoms with van der Waals surface area (Å²) in [4.78, 5) is 0. The van der Waals surface area contributed by atoms with E-state index in [4.69, 9.17) is 28.4 Å². The molecule has 0 spiro atoms. The van der Waals surface area contributed by atoms with Crippen LogP contribution in [0.2, 0.25) is 0 Å². The summed E-state index contributed by atoms with van der Waals surface area (Å²) in [6, 6.07) is 0. The van der Waals surface area contributed by atoms with Crippen molar-refractivity contribution in [2.75, 3.05) is 20.8 Å². The third-order valence-corrected chi connectivity index (χ3v) is 6.00. The first-order chi connectivity index (χ1) is 14.4. The number of hydrogen-bond acceptors (Lipinski definition) is 11. The Hall–Kier alpha value is -0.440. The van der Waals surface area contributed by atoms with Gasteiger partial charge in [0.15, 0.2) is 25.2 Å². The van der Waals surface area contributed by atoms with Gasteiger partial charge in [0.05, 0.1) is 6.61 Å². The number of aliphatic hydroxyl groups excluding tert-OH is 5. The van der Waals surface area contributed by atoms with E-state index in [1.807, 2.05) is 0 Å². The molecule has 0 aromatic rings. The molecule has 1 aliphatic carbocycles. The Morgan fingerprint density at radius 2 is 1.23 bits per heavy atom. The molecule has 0 amide bonds. The van der Waals surface area contributed by atoms with Gasteiger partial charge in [-0.05, 0) is 18.8 Å². The van der Waals surface area contributed by atoms with Crippen molar-refractivity contribution in [3.63, 3.8) is 0 Å². The highest BCUT2D eigenvalue weighted by Crippen LogP contribution is 2.31. The van der Waals surface area contributed by atoms with E-state index in [0.717, 1.165) is 25.7 Å². The maximum Gasteiger partial charge on any atom is 0.189 e. The number of aliphatic hydroxyl groups is 5. The van der Waals surface area contributed by atoms with Gasteiger partial charge in [0.2, 0.25) is 0 Å². The first-order valence-corrected chi connectivity index (χ1v) is 10.4. The molecule has 30 heavy (non-hydrogen) atoms. The SMILES string of the molecule is CO[C@H]1OC(OC2[C@@H](OC)O[C@@H](OCC3CCCCC3)[C@H](O)[C@H]2O)C(O)[C@@H](O)C1O. The molecule has 10 atom stereocenters. The average molecular weight is 438 g/mol. The normalized spacial score (nSPS) is 46.1. The standard InChI is InChI=1S/C19H34O11/c1-25-16-12(22)10(20)13(23)18(29-16)28-15-11(21)14(24)17(30-19(15)26-2)27-8-9-6-4-3-5-7-9/h9-24H,3-8H2,1-2H3/t10-,11+,12?,13?,14+,15?,16-,17+,18?,19-/m0/s1. The van der Waals surface area contributed by atoms with Crippen molar-refractivity contribution >= 4 is 0 Å². The Balaban J connectivity index is 1.61. The van der Waals surface area contributed by atoms with E-state index in [1.54, 1.807) is 0 Å². The molecule has 0 radical (unpaired) electrons. The zero-order valence-corrected chi connectivity index (χ0v) is 17.3. The van der Waals surface area contributed by atoms with Crippen LogP contribution in [0.1, 0.15) is 32.1 Å². The lowest BCUT2D eigenvalue weighted by Gasteiger charge is -2.45. The zero-order chi connectivity index (χ0) is 21.8. The van der Waals surface area contributed by atoms with E-state index >= 15 is 0 Å². The fraction of sp³-hybridized carbons (Fsp3) is 1.00. The summed E-state index contributed by atoms with van der Waals surface area (Å²) in [6.07, 6.45) is -8.26. The Morgan fingerprint density at radius 3 is 1.87 bits per heavy atom. The van der Waals surface area contributed by atoms with Crippen LogP contribution in [0.5, 0.6) is 0 Å². The van der Waals surface area contributed by atoms with Gasteiger partial charge in [0, 0.05) is 14.2 Å². The van der Waals surface area contributed by atoms with Crippen LogP contribution in [-0.2, 0) is 28.4 Å². The fourth-order valence-corrected chi connectivity index (χ4v) is 4.14. The summed E-state index contributed by atoms with van der Waals surface area (Å²) in [6.45, 7) is 0.403. The lowest BCUT2D eigenvalue weighted by molar-refractivity contribution is -0.400. The van der Waals surface area contributed by atoms with E-state index in [0.29, 0.717) is 12.5 Å². The van der Waals surface area contributed by atoms with Crippen molar-refractivity contribution in [2.24, 2.45) is 5.92 Å². The summed E-state index contributed by atoms with van der Waals surface area (Å²) in [5.74, 6) is 0.381. The maximum atomic E-state index is 10.6. The Kier molecular flexibility index (Phi) is 8.82. The van der Waals surface area contributed by atoms with E-state index in [1.165, 1.54) is 20.6 Å². The predicted octanol–water partition coefficient (Wildman–Crippen LogP) is -1.57. The lowest BCUT2D eigenvalue weighted by Crippen LogP contribution is -2.64. The number of methoxy groups -OCH3 is 2. The van der Waals surface area contributed by atoms with Crippen molar-refractivity contribution in [1.82, 2.24) is 0 Å². The van der Waals surface area contributed by atoms with Gasteiger partial charge in [-0.3, -0.25) is 0 Å². The van der Waals surface area contributed by atoms with Gasteiger partial charge in [-0.2, -0.15) is 0 Å². The van der Waals surface area contributed by atoms with Gasteiger partial charge in [0.1, 0.15) is 36.6 Å². The maximum absolute atomic E-state index is 10.6.